The van der Waals surface area contributed by atoms with E-state index in [9.17, 15) is 9.59 Å². The first-order valence-corrected chi connectivity index (χ1v) is 7.48. The molecule has 0 bridgehead atoms. The number of benzene rings is 2. The maximum absolute atomic E-state index is 12.2. The van der Waals surface area contributed by atoms with Gasteiger partial charge in [-0.15, -0.1) is 0 Å². The fraction of sp³-hybridized carbons (Fsp3) is 0.250. The number of fused-ring (bicyclic) bond motifs is 1. The first kappa shape index (κ1) is 13.2. The van der Waals surface area contributed by atoms with Crippen LogP contribution in [0, 0.1) is 0 Å². The maximum Gasteiger partial charge on any atom is 0.228 e. The molecule has 1 aliphatic rings. The second kappa shape index (κ2) is 5.29. The molecule has 0 radical (unpaired) electrons. The molecule has 2 aromatic carbocycles. The molecule has 4 heteroatoms. The van der Waals surface area contributed by atoms with Crippen molar-refractivity contribution in [1.82, 2.24) is 0 Å². The molecule has 102 valence electrons. The van der Waals surface area contributed by atoms with Crippen molar-refractivity contribution in [2.75, 3.05) is 11.4 Å². The second-order valence-electron chi connectivity index (χ2n) is 4.94. The monoisotopic (exact) mass is 285 g/mol. The van der Waals surface area contributed by atoms with E-state index in [4.69, 9.17) is 0 Å². The number of hydrogen-bond donors (Lipinski definition) is 0. The Bertz CT molecular complexity index is 678. The lowest BCUT2D eigenvalue weighted by Crippen LogP contribution is -2.25. The molecule has 1 atom stereocenters. The maximum atomic E-state index is 12.2. The molecule has 1 aliphatic heterocycles. The van der Waals surface area contributed by atoms with Gasteiger partial charge in [0.15, 0.2) is 5.12 Å². The Hall–Kier alpha value is -1.81. The van der Waals surface area contributed by atoms with E-state index in [0.717, 1.165) is 16.5 Å². The zero-order valence-corrected chi connectivity index (χ0v) is 12.0. The van der Waals surface area contributed by atoms with E-state index in [1.165, 1.54) is 11.8 Å². The third kappa shape index (κ3) is 2.43. The van der Waals surface area contributed by atoms with Crippen molar-refractivity contribution in [3.63, 3.8) is 0 Å². The zero-order chi connectivity index (χ0) is 14.1. The molecule has 1 saturated heterocycles. The second-order valence-corrected chi connectivity index (χ2v) is 6.42. The highest BCUT2D eigenvalue weighted by atomic mass is 32.2. The highest BCUT2D eigenvalue weighted by Crippen LogP contribution is 2.33. The third-order valence-electron chi connectivity index (χ3n) is 3.48. The number of hydrogen-bond acceptors (Lipinski definition) is 3. The van der Waals surface area contributed by atoms with Gasteiger partial charge in [0.1, 0.15) is 0 Å². The van der Waals surface area contributed by atoms with E-state index < -0.39 is 0 Å². The van der Waals surface area contributed by atoms with Crippen LogP contribution in [-0.4, -0.2) is 22.8 Å². The topological polar surface area (TPSA) is 37.4 Å². The highest BCUT2D eigenvalue weighted by Gasteiger charge is 2.32. The predicted molar refractivity (Wildman–Crippen MR) is 83.0 cm³/mol. The summed E-state index contributed by atoms with van der Waals surface area (Å²) >= 11 is 1.27. The number of amides is 1. The van der Waals surface area contributed by atoms with Crippen molar-refractivity contribution >= 4 is 39.2 Å². The average molecular weight is 285 g/mol. The summed E-state index contributed by atoms with van der Waals surface area (Å²) in [6.07, 6.45) is 0.438. The molecule has 0 saturated carbocycles. The lowest BCUT2D eigenvalue weighted by atomic mass is 10.1. The molecule has 0 aromatic heterocycles. The summed E-state index contributed by atoms with van der Waals surface area (Å²) in [5.41, 5.74) is 0.944. The van der Waals surface area contributed by atoms with Gasteiger partial charge in [0, 0.05) is 30.5 Å². The number of nitrogens with zero attached hydrogens (tertiary/aromatic N) is 1. The summed E-state index contributed by atoms with van der Waals surface area (Å²) in [6.45, 7) is 2.16. The van der Waals surface area contributed by atoms with Crippen molar-refractivity contribution in [2.45, 2.75) is 18.6 Å². The lowest BCUT2D eigenvalue weighted by Gasteiger charge is -2.18. The van der Waals surface area contributed by atoms with E-state index in [-0.39, 0.29) is 16.3 Å². The average Bonchev–Trinajstić information content (AvgIpc) is 2.78. The Kier molecular flexibility index (Phi) is 3.49. The van der Waals surface area contributed by atoms with Crippen LogP contribution in [0.1, 0.15) is 13.3 Å². The molecular formula is C16H15NO2S. The number of carbonyl (C=O) groups is 2. The molecule has 2 aromatic rings. The van der Waals surface area contributed by atoms with Gasteiger partial charge in [-0.25, -0.2) is 0 Å². The Morgan fingerprint density at radius 3 is 2.75 bits per heavy atom. The minimum Gasteiger partial charge on any atom is -0.311 e. The smallest absolute Gasteiger partial charge is 0.228 e. The molecule has 3 rings (SSSR count). The van der Waals surface area contributed by atoms with E-state index >= 15 is 0 Å². The van der Waals surface area contributed by atoms with Gasteiger partial charge >= 0.3 is 0 Å². The highest BCUT2D eigenvalue weighted by molar-refractivity contribution is 8.14. The number of thioether (sulfide) groups is 1. The molecule has 0 N–H and O–H groups in total. The quantitative estimate of drug-likeness (QED) is 0.850. The van der Waals surface area contributed by atoms with Crippen molar-refractivity contribution in [3.05, 3.63) is 42.5 Å². The Morgan fingerprint density at radius 2 is 1.95 bits per heavy atom. The van der Waals surface area contributed by atoms with E-state index in [1.54, 1.807) is 6.92 Å². The van der Waals surface area contributed by atoms with Crippen molar-refractivity contribution in [2.24, 2.45) is 0 Å². The molecule has 1 amide bonds. The molecule has 0 aliphatic carbocycles. The van der Waals surface area contributed by atoms with Crippen LogP contribution in [-0.2, 0) is 9.59 Å². The molecule has 1 fully saturated rings. The van der Waals surface area contributed by atoms with Crippen LogP contribution in [0.3, 0.4) is 0 Å². The normalized spacial score (nSPS) is 18.8. The van der Waals surface area contributed by atoms with Gasteiger partial charge in [-0.2, -0.15) is 0 Å². The van der Waals surface area contributed by atoms with Crippen LogP contribution in [0.2, 0.25) is 0 Å². The SMILES string of the molecule is CC(=O)SC1CC(=O)N(c2cccc3ccccc23)C1. The minimum atomic E-state index is 0.0685. The van der Waals surface area contributed by atoms with Gasteiger partial charge in [-0.3, -0.25) is 9.59 Å². The molecule has 20 heavy (non-hydrogen) atoms. The molecule has 0 spiro atoms. The minimum absolute atomic E-state index is 0.0685. The number of anilines is 1. The van der Waals surface area contributed by atoms with Gasteiger partial charge in [-0.1, -0.05) is 48.2 Å². The van der Waals surface area contributed by atoms with Gasteiger partial charge in [0.25, 0.3) is 0 Å². The van der Waals surface area contributed by atoms with E-state index in [1.807, 2.05) is 47.4 Å². The van der Waals surface area contributed by atoms with Gasteiger partial charge in [-0.05, 0) is 11.5 Å². The van der Waals surface area contributed by atoms with Crippen LogP contribution in [0.15, 0.2) is 42.5 Å². The van der Waals surface area contributed by atoms with Crippen molar-refractivity contribution < 1.29 is 9.59 Å². The van der Waals surface area contributed by atoms with Crippen LogP contribution in [0.5, 0.6) is 0 Å². The molecule has 1 unspecified atom stereocenters. The number of carbonyl (C=O) groups excluding carboxylic acids is 2. The summed E-state index contributed by atoms with van der Waals surface area (Å²) in [4.78, 5) is 25.2. The third-order valence-corrected chi connectivity index (χ3v) is 4.46. The standard InChI is InChI=1S/C16H15NO2S/c1-11(18)20-13-9-16(19)17(10-13)15-8-4-6-12-5-2-3-7-14(12)15/h2-8,13H,9-10H2,1H3. The van der Waals surface area contributed by atoms with E-state index in [2.05, 4.69) is 0 Å². The fourth-order valence-corrected chi connectivity index (χ4v) is 3.58. The summed E-state index contributed by atoms with van der Waals surface area (Å²) in [7, 11) is 0. The zero-order valence-electron chi connectivity index (χ0n) is 11.2. The number of rotatable bonds is 2. The van der Waals surface area contributed by atoms with E-state index in [0.29, 0.717) is 13.0 Å². The van der Waals surface area contributed by atoms with Crippen LogP contribution < -0.4 is 4.90 Å². The van der Waals surface area contributed by atoms with Gasteiger partial charge in [0.2, 0.25) is 5.91 Å². The summed E-state index contributed by atoms with van der Waals surface area (Å²) in [5, 5.41) is 2.35. The fourth-order valence-electron chi connectivity index (χ4n) is 2.66. The van der Waals surface area contributed by atoms with Gasteiger partial charge in [0.05, 0.1) is 5.69 Å². The largest absolute Gasteiger partial charge is 0.311 e. The first-order valence-electron chi connectivity index (χ1n) is 6.60. The predicted octanol–water partition coefficient (Wildman–Crippen LogP) is 3.22. The van der Waals surface area contributed by atoms with Crippen molar-refractivity contribution in [3.8, 4) is 0 Å². The lowest BCUT2D eigenvalue weighted by molar-refractivity contribution is -0.117. The van der Waals surface area contributed by atoms with Crippen LogP contribution in [0.25, 0.3) is 10.8 Å². The first-order chi connectivity index (χ1) is 9.65. The molecule has 1 heterocycles. The Morgan fingerprint density at radius 1 is 1.20 bits per heavy atom. The Labute approximate surface area is 122 Å². The molecule has 3 nitrogen and oxygen atoms in total. The summed E-state index contributed by atoms with van der Waals surface area (Å²) in [5.74, 6) is 0.0973. The molecular weight excluding hydrogens is 270 g/mol. The summed E-state index contributed by atoms with van der Waals surface area (Å²) in [6, 6.07) is 14.0. The Balaban J connectivity index is 1.95. The van der Waals surface area contributed by atoms with Crippen molar-refractivity contribution in [1.29, 1.82) is 0 Å². The van der Waals surface area contributed by atoms with Gasteiger partial charge < -0.3 is 4.90 Å². The van der Waals surface area contributed by atoms with Crippen LogP contribution in [0.4, 0.5) is 5.69 Å². The summed E-state index contributed by atoms with van der Waals surface area (Å²) < 4.78 is 0. The van der Waals surface area contributed by atoms with Crippen LogP contribution >= 0.6 is 11.8 Å².